The van der Waals surface area contributed by atoms with E-state index in [1.807, 2.05) is 0 Å². The Balaban J connectivity index is 1.84. The lowest BCUT2D eigenvalue weighted by Gasteiger charge is -2.22. The van der Waals surface area contributed by atoms with Crippen LogP contribution < -0.4 is 0 Å². The summed E-state index contributed by atoms with van der Waals surface area (Å²) in [6, 6.07) is 0. The molecular formula is C8H15NO. The Morgan fingerprint density at radius 2 is 2.50 bits per heavy atom. The van der Waals surface area contributed by atoms with Gasteiger partial charge in [0.15, 0.2) is 0 Å². The van der Waals surface area contributed by atoms with E-state index in [2.05, 4.69) is 11.8 Å². The second-order valence-electron chi connectivity index (χ2n) is 3.24. The summed E-state index contributed by atoms with van der Waals surface area (Å²) in [6.07, 6.45) is 5.02. The quantitative estimate of drug-likeness (QED) is 0.537. The fraction of sp³-hybridized carbons (Fsp3) is 1.00. The van der Waals surface area contributed by atoms with Crippen LogP contribution in [-0.2, 0) is 4.74 Å². The normalized spacial score (nSPS) is 39.3. The van der Waals surface area contributed by atoms with E-state index in [1.54, 1.807) is 0 Å². The molecular weight excluding hydrogens is 126 g/mol. The zero-order chi connectivity index (χ0) is 6.97. The van der Waals surface area contributed by atoms with E-state index in [9.17, 15) is 0 Å². The topological polar surface area (TPSA) is 15.8 Å². The molecule has 2 unspecified atom stereocenters. The number of ether oxygens (including phenoxy) is 1. The zero-order valence-corrected chi connectivity index (χ0v) is 6.55. The molecule has 0 bridgehead atoms. The van der Waals surface area contributed by atoms with Crippen LogP contribution in [0.4, 0.5) is 0 Å². The summed E-state index contributed by atoms with van der Waals surface area (Å²) in [7, 11) is 0. The molecule has 2 aliphatic rings. The van der Waals surface area contributed by atoms with E-state index in [4.69, 9.17) is 4.74 Å². The first-order valence-corrected chi connectivity index (χ1v) is 4.31. The SMILES string of the molecule is CCCN1CCCC2OC21. The minimum Gasteiger partial charge on any atom is -0.353 e. The average Bonchev–Trinajstić information content (AvgIpc) is 2.67. The standard InChI is InChI=1S/C8H15NO/c1-2-5-9-6-3-4-7-8(9)10-7/h7-8H,2-6H2,1H3. The summed E-state index contributed by atoms with van der Waals surface area (Å²) in [5.74, 6) is 0. The molecule has 2 nitrogen and oxygen atoms in total. The summed E-state index contributed by atoms with van der Waals surface area (Å²) < 4.78 is 5.47. The van der Waals surface area contributed by atoms with Gasteiger partial charge < -0.3 is 4.74 Å². The van der Waals surface area contributed by atoms with Gasteiger partial charge in [0.2, 0.25) is 0 Å². The van der Waals surface area contributed by atoms with Gasteiger partial charge in [0.05, 0.1) is 6.10 Å². The van der Waals surface area contributed by atoms with Crippen LogP contribution >= 0.6 is 0 Å². The third-order valence-electron chi connectivity index (χ3n) is 2.36. The molecule has 10 heavy (non-hydrogen) atoms. The number of hydrogen-bond donors (Lipinski definition) is 0. The Morgan fingerprint density at radius 3 is 3.30 bits per heavy atom. The lowest BCUT2D eigenvalue weighted by Crippen LogP contribution is -2.33. The van der Waals surface area contributed by atoms with Gasteiger partial charge in [-0.3, -0.25) is 4.90 Å². The van der Waals surface area contributed by atoms with Crippen LogP contribution in [0.5, 0.6) is 0 Å². The van der Waals surface area contributed by atoms with Gasteiger partial charge in [-0.05, 0) is 19.3 Å². The molecule has 0 aliphatic carbocycles. The molecule has 0 amide bonds. The molecule has 2 rings (SSSR count). The highest BCUT2D eigenvalue weighted by Gasteiger charge is 2.45. The third-order valence-corrected chi connectivity index (χ3v) is 2.36. The number of piperidine rings is 1. The van der Waals surface area contributed by atoms with Gasteiger partial charge in [-0.15, -0.1) is 0 Å². The van der Waals surface area contributed by atoms with Crippen molar-refractivity contribution in [2.45, 2.75) is 38.5 Å². The lowest BCUT2D eigenvalue weighted by atomic mass is 10.1. The largest absolute Gasteiger partial charge is 0.353 e. The van der Waals surface area contributed by atoms with E-state index in [0.717, 1.165) is 0 Å². The van der Waals surface area contributed by atoms with Crippen molar-refractivity contribution >= 4 is 0 Å². The minimum atomic E-state index is 0.522. The van der Waals surface area contributed by atoms with Gasteiger partial charge in [0.1, 0.15) is 6.23 Å². The lowest BCUT2D eigenvalue weighted by molar-refractivity contribution is 0.176. The van der Waals surface area contributed by atoms with Gasteiger partial charge >= 0.3 is 0 Å². The first-order valence-electron chi connectivity index (χ1n) is 4.31. The van der Waals surface area contributed by atoms with Crippen molar-refractivity contribution in [3.63, 3.8) is 0 Å². The fourth-order valence-electron chi connectivity index (χ4n) is 1.81. The van der Waals surface area contributed by atoms with E-state index in [0.29, 0.717) is 12.3 Å². The van der Waals surface area contributed by atoms with Crippen molar-refractivity contribution < 1.29 is 4.74 Å². The van der Waals surface area contributed by atoms with Crippen molar-refractivity contribution in [3.05, 3.63) is 0 Å². The first-order chi connectivity index (χ1) is 4.92. The van der Waals surface area contributed by atoms with Crippen LogP contribution in [0.15, 0.2) is 0 Å². The Bertz CT molecular complexity index is 124. The second-order valence-corrected chi connectivity index (χ2v) is 3.24. The molecule has 2 fully saturated rings. The highest BCUT2D eigenvalue weighted by Crippen LogP contribution is 2.34. The summed E-state index contributed by atoms with van der Waals surface area (Å²) in [6.45, 7) is 4.71. The van der Waals surface area contributed by atoms with Crippen LogP contribution in [0.1, 0.15) is 26.2 Å². The van der Waals surface area contributed by atoms with E-state index in [-0.39, 0.29) is 0 Å². The molecule has 2 saturated heterocycles. The molecule has 2 aliphatic heterocycles. The molecule has 0 N–H and O–H groups in total. The van der Waals surface area contributed by atoms with E-state index < -0.39 is 0 Å². The Labute approximate surface area is 62.2 Å². The number of fused-ring (bicyclic) bond motifs is 1. The van der Waals surface area contributed by atoms with Gasteiger partial charge in [-0.2, -0.15) is 0 Å². The van der Waals surface area contributed by atoms with Crippen molar-refractivity contribution in [2.24, 2.45) is 0 Å². The molecule has 58 valence electrons. The third kappa shape index (κ3) is 1.06. The Morgan fingerprint density at radius 1 is 1.60 bits per heavy atom. The smallest absolute Gasteiger partial charge is 0.137 e. The summed E-state index contributed by atoms with van der Waals surface area (Å²) >= 11 is 0. The predicted octanol–water partition coefficient (Wildman–Crippen LogP) is 1.22. The summed E-state index contributed by atoms with van der Waals surface area (Å²) in [5, 5.41) is 0. The molecule has 2 heterocycles. The number of likely N-dealkylation sites (tertiary alicyclic amines) is 1. The molecule has 0 spiro atoms. The van der Waals surface area contributed by atoms with Crippen molar-refractivity contribution in [3.8, 4) is 0 Å². The number of nitrogens with zero attached hydrogens (tertiary/aromatic N) is 1. The Hall–Kier alpha value is -0.0800. The van der Waals surface area contributed by atoms with Gasteiger partial charge in [-0.1, -0.05) is 6.92 Å². The highest BCUT2D eigenvalue weighted by molar-refractivity contribution is 4.89. The van der Waals surface area contributed by atoms with Crippen LogP contribution in [0.3, 0.4) is 0 Å². The van der Waals surface area contributed by atoms with Crippen molar-refractivity contribution in [2.75, 3.05) is 13.1 Å². The van der Waals surface area contributed by atoms with Crippen molar-refractivity contribution in [1.29, 1.82) is 0 Å². The van der Waals surface area contributed by atoms with Gasteiger partial charge in [0, 0.05) is 13.1 Å². The molecule has 2 atom stereocenters. The van der Waals surface area contributed by atoms with Crippen molar-refractivity contribution in [1.82, 2.24) is 4.90 Å². The molecule has 0 saturated carbocycles. The summed E-state index contributed by atoms with van der Waals surface area (Å²) in [5.41, 5.74) is 0. The molecule has 0 aromatic heterocycles. The number of epoxide rings is 1. The highest BCUT2D eigenvalue weighted by atomic mass is 16.6. The predicted molar refractivity (Wildman–Crippen MR) is 39.8 cm³/mol. The monoisotopic (exact) mass is 141 g/mol. The molecule has 0 aromatic rings. The first kappa shape index (κ1) is 6.62. The van der Waals surface area contributed by atoms with E-state index >= 15 is 0 Å². The molecule has 0 aromatic carbocycles. The van der Waals surface area contributed by atoms with E-state index in [1.165, 1.54) is 32.4 Å². The zero-order valence-electron chi connectivity index (χ0n) is 6.55. The van der Waals surface area contributed by atoms with Gasteiger partial charge in [0.25, 0.3) is 0 Å². The maximum Gasteiger partial charge on any atom is 0.137 e. The molecule has 0 radical (unpaired) electrons. The maximum absolute atomic E-state index is 5.47. The molecule has 2 heteroatoms. The Kier molecular flexibility index (Phi) is 1.66. The maximum atomic E-state index is 5.47. The van der Waals surface area contributed by atoms with Crippen LogP contribution in [0, 0.1) is 0 Å². The van der Waals surface area contributed by atoms with Crippen LogP contribution in [-0.4, -0.2) is 30.3 Å². The van der Waals surface area contributed by atoms with Gasteiger partial charge in [-0.25, -0.2) is 0 Å². The minimum absolute atomic E-state index is 0.522. The van der Waals surface area contributed by atoms with Crippen LogP contribution in [0.2, 0.25) is 0 Å². The average molecular weight is 141 g/mol. The second kappa shape index (κ2) is 2.51. The number of hydrogen-bond acceptors (Lipinski definition) is 2. The summed E-state index contributed by atoms with van der Waals surface area (Å²) in [4.78, 5) is 2.47. The van der Waals surface area contributed by atoms with Crippen LogP contribution in [0.25, 0.3) is 0 Å². The fourth-order valence-corrected chi connectivity index (χ4v) is 1.81. The number of rotatable bonds is 2.